The first-order valence-electron chi connectivity index (χ1n) is 6.63. The van der Waals surface area contributed by atoms with Crippen LogP contribution in [0.2, 0.25) is 5.02 Å². The minimum atomic E-state index is -0.386. The van der Waals surface area contributed by atoms with Crippen molar-refractivity contribution in [2.75, 3.05) is 6.54 Å². The van der Waals surface area contributed by atoms with Gasteiger partial charge in [-0.2, -0.15) is 0 Å². The Kier molecular flexibility index (Phi) is 4.93. The van der Waals surface area contributed by atoms with E-state index in [4.69, 9.17) is 11.6 Å². The third kappa shape index (κ3) is 3.46. The first-order chi connectivity index (χ1) is 9.61. The highest BCUT2D eigenvalue weighted by molar-refractivity contribution is 6.35. The second-order valence-corrected chi connectivity index (χ2v) is 5.02. The Balaban J connectivity index is 2.10. The fraction of sp³-hybridized carbons (Fsp3) is 0.333. The van der Waals surface area contributed by atoms with Crippen LogP contribution in [0.5, 0.6) is 0 Å². The van der Waals surface area contributed by atoms with E-state index in [2.05, 4.69) is 10.3 Å². The predicted octanol–water partition coefficient (Wildman–Crippen LogP) is 2.78. The molecule has 0 aliphatic carbocycles. The zero-order valence-corrected chi connectivity index (χ0v) is 12.0. The molecule has 0 fully saturated rings. The molecular formula is C15H17ClN2O2. The number of amides is 1. The Labute approximate surface area is 122 Å². The number of halogens is 1. The molecule has 1 unspecified atom stereocenters. The van der Waals surface area contributed by atoms with Gasteiger partial charge >= 0.3 is 0 Å². The van der Waals surface area contributed by atoms with Crippen molar-refractivity contribution in [2.24, 2.45) is 0 Å². The molecule has 0 aliphatic heterocycles. The highest BCUT2D eigenvalue weighted by Gasteiger charge is 2.11. The summed E-state index contributed by atoms with van der Waals surface area (Å²) in [6, 6.07) is 8.98. The van der Waals surface area contributed by atoms with E-state index in [1.165, 1.54) is 0 Å². The summed E-state index contributed by atoms with van der Waals surface area (Å²) in [6.45, 7) is 2.32. The fourth-order valence-corrected chi connectivity index (χ4v) is 2.16. The van der Waals surface area contributed by atoms with E-state index >= 15 is 0 Å². The molecular weight excluding hydrogens is 276 g/mol. The largest absolute Gasteiger partial charge is 0.393 e. The number of nitrogens with one attached hydrogen (secondary N) is 1. The van der Waals surface area contributed by atoms with Gasteiger partial charge in [-0.05, 0) is 25.0 Å². The number of aliphatic hydroxyl groups excluding tert-OH is 1. The average Bonchev–Trinajstić information content (AvgIpc) is 2.46. The van der Waals surface area contributed by atoms with E-state index in [1.807, 2.05) is 31.2 Å². The summed E-state index contributed by atoms with van der Waals surface area (Å²) >= 11 is 6.15. The lowest BCUT2D eigenvalue weighted by molar-refractivity contribution is 0.0937. The van der Waals surface area contributed by atoms with Gasteiger partial charge in [-0.3, -0.25) is 4.79 Å². The van der Waals surface area contributed by atoms with Gasteiger partial charge in [0.25, 0.3) is 5.91 Å². The van der Waals surface area contributed by atoms with E-state index in [-0.39, 0.29) is 12.0 Å². The van der Waals surface area contributed by atoms with E-state index in [0.717, 1.165) is 5.39 Å². The molecule has 5 heteroatoms. The van der Waals surface area contributed by atoms with Crippen molar-refractivity contribution >= 4 is 28.4 Å². The van der Waals surface area contributed by atoms with Crippen molar-refractivity contribution in [3.05, 3.63) is 41.0 Å². The number of para-hydroxylation sites is 1. The topological polar surface area (TPSA) is 62.2 Å². The molecule has 2 aromatic rings. The quantitative estimate of drug-likeness (QED) is 0.891. The van der Waals surface area contributed by atoms with Gasteiger partial charge < -0.3 is 10.4 Å². The normalized spacial score (nSPS) is 12.3. The number of fused-ring (bicyclic) bond motifs is 1. The second kappa shape index (κ2) is 6.68. The highest BCUT2D eigenvalue weighted by atomic mass is 35.5. The minimum Gasteiger partial charge on any atom is -0.393 e. The van der Waals surface area contributed by atoms with Crippen LogP contribution in [0.25, 0.3) is 10.9 Å². The molecule has 1 heterocycles. The number of hydrogen-bond acceptors (Lipinski definition) is 3. The smallest absolute Gasteiger partial charge is 0.269 e. The molecule has 0 bridgehead atoms. The number of pyridine rings is 1. The van der Waals surface area contributed by atoms with Gasteiger partial charge in [0, 0.05) is 11.9 Å². The Bertz CT molecular complexity index is 616. The summed E-state index contributed by atoms with van der Waals surface area (Å²) in [7, 11) is 0. The fourth-order valence-electron chi connectivity index (χ4n) is 1.90. The molecule has 0 saturated heterocycles. The zero-order chi connectivity index (χ0) is 14.5. The van der Waals surface area contributed by atoms with Crippen molar-refractivity contribution in [1.29, 1.82) is 0 Å². The summed E-state index contributed by atoms with van der Waals surface area (Å²) in [5.41, 5.74) is 0.985. The molecule has 1 amide bonds. The number of carbonyl (C=O) groups excluding carboxylic acids is 1. The van der Waals surface area contributed by atoms with E-state index < -0.39 is 0 Å². The molecule has 20 heavy (non-hydrogen) atoms. The van der Waals surface area contributed by atoms with Crippen LogP contribution in [0.1, 0.15) is 30.3 Å². The van der Waals surface area contributed by atoms with Gasteiger partial charge in [-0.25, -0.2) is 4.98 Å². The minimum absolute atomic E-state index is 0.277. The molecule has 1 atom stereocenters. The molecule has 0 saturated carbocycles. The van der Waals surface area contributed by atoms with Gasteiger partial charge in [-0.1, -0.05) is 36.7 Å². The zero-order valence-electron chi connectivity index (χ0n) is 11.3. The lowest BCUT2D eigenvalue weighted by Gasteiger charge is -2.09. The third-order valence-corrected chi connectivity index (χ3v) is 3.45. The molecule has 4 nitrogen and oxygen atoms in total. The van der Waals surface area contributed by atoms with Crippen molar-refractivity contribution in [2.45, 2.75) is 25.9 Å². The second-order valence-electron chi connectivity index (χ2n) is 4.61. The first-order valence-corrected chi connectivity index (χ1v) is 7.01. The van der Waals surface area contributed by atoms with E-state index in [1.54, 1.807) is 6.07 Å². The van der Waals surface area contributed by atoms with Crippen LogP contribution in [0, 0.1) is 0 Å². The lowest BCUT2D eigenvalue weighted by atomic mass is 10.2. The van der Waals surface area contributed by atoms with Gasteiger partial charge in [0.2, 0.25) is 0 Å². The maximum atomic E-state index is 12.0. The molecule has 1 aromatic carbocycles. The van der Waals surface area contributed by atoms with Gasteiger partial charge in [0.1, 0.15) is 5.69 Å². The molecule has 106 valence electrons. The summed E-state index contributed by atoms with van der Waals surface area (Å²) in [5.74, 6) is -0.277. The van der Waals surface area contributed by atoms with Crippen molar-refractivity contribution in [3.8, 4) is 0 Å². The number of aliphatic hydroxyl groups is 1. The van der Waals surface area contributed by atoms with Crippen LogP contribution in [0.15, 0.2) is 30.3 Å². The number of hydrogen-bond donors (Lipinski definition) is 2. The molecule has 0 spiro atoms. The highest BCUT2D eigenvalue weighted by Crippen LogP contribution is 2.22. The molecule has 0 aliphatic rings. The van der Waals surface area contributed by atoms with Crippen molar-refractivity contribution in [1.82, 2.24) is 10.3 Å². The summed E-state index contributed by atoms with van der Waals surface area (Å²) in [6.07, 6.45) is 0.822. The van der Waals surface area contributed by atoms with Gasteiger partial charge in [0.05, 0.1) is 16.6 Å². The lowest BCUT2D eigenvalue weighted by Crippen LogP contribution is -2.27. The van der Waals surface area contributed by atoms with Crippen LogP contribution in [0.3, 0.4) is 0 Å². The van der Waals surface area contributed by atoms with Gasteiger partial charge in [-0.15, -0.1) is 0 Å². The maximum absolute atomic E-state index is 12.0. The van der Waals surface area contributed by atoms with Crippen LogP contribution in [-0.4, -0.2) is 28.6 Å². The third-order valence-electron chi connectivity index (χ3n) is 3.13. The summed E-state index contributed by atoms with van der Waals surface area (Å²) < 4.78 is 0. The first kappa shape index (κ1) is 14.8. The monoisotopic (exact) mass is 292 g/mol. The predicted molar refractivity (Wildman–Crippen MR) is 80.0 cm³/mol. The van der Waals surface area contributed by atoms with Crippen molar-refractivity contribution < 1.29 is 9.90 Å². The number of rotatable bonds is 5. The summed E-state index contributed by atoms with van der Waals surface area (Å²) in [5, 5.41) is 13.5. The Morgan fingerprint density at radius 1 is 1.45 bits per heavy atom. The molecule has 2 rings (SSSR count). The number of carbonyl (C=O) groups is 1. The molecule has 1 aromatic heterocycles. The number of benzene rings is 1. The molecule has 2 N–H and O–H groups in total. The average molecular weight is 293 g/mol. The van der Waals surface area contributed by atoms with Crippen molar-refractivity contribution in [3.63, 3.8) is 0 Å². The van der Waals surface area contributed by atoms with E-state index in [9.17, 15) is 9.90 Å². The maximum Gasteiger partial charge on any atom is 0.269 e. The van der Waals surface area contributed by atoms with Crippen LogP contribution in [-0.2, 0) is 0 Å². The Morgan fingerprint density at radius 2 is 2.20 bits per heavy atom. The van der Waals surface area contributed by atoms with E-state index in [0.29, 0.717) is 35.6 Å². The van der Waals surface area contributed by atoms with Crippen LogP contribution >= 0.6 is 11.6 Å². The Morgan fingerprint density at radius 3 is 2.95 bits per heavy atom. The Hall–Kier alpha value is -1.65. The molecule has 0 radical (unpaired) electrons. The van der Waals surface area contributed by atoms with Gasteiger partial charge in [0.15, 0.2) is 0 Å². The van der Waals surface area contributed by atoms with Crippen LogP contribution < -0.4 is 5.32 Å². The van der Waals surface area contributed by atoms with Crippen LogP contribution in [0.4, 0.5) is 0 Å². The number of nitrogens with zero attached hydrogens (tertiary/aromatic N) is 1. The number of aromatic nitrogens is 1. The SMILES string of the molecule is CCC(O)CCNC(=O)c1cc(Cl)c2ccccc2n1. The summed E-state index contributed by atoms with van der Waals surface area (Å²) in [4.78, 5) is 16.3. The standard InChI is InChI=1S/C15H17ClN2O2/c1-2-10(19)7-8-17-15(20)14-9-12(16)11-5-3-4-6-13(11)18-14/h3-6,9-10,19H,2,7-8H2,1H3,(H,17,20).